The fourth-order valence-corrected chi connectivity index (χ4v) is 3.35. The summed E-state index contributed by atoms with van der Waals surface area (Å²) in [6.07, 6.45) is 0.267. The van der Waals surface area contributed by atoms with Crippen molar-refractivity contribution >= 4 is 10.0 Å². The molecule has 5 nitrogen and oxygen atoms in total. The number of ether oxygens (including phenoxy) is 1. The Morgan fingerprint density at radius 1 is 1.30 bits per heavy atom. The molecule has 20 heavy (non-hydrogen) atoms. The second-order valence-corrected chi connectivity index (χ2v) is 6.78. The summed E-state index contributed by atoms with van der Waals surface area (Å²) in [5.41, 5.74) is 0.551. The lowest BCUT2D eigenvalue weighted by Gasteiger charge is -2.19. The molecule has 0 saturated heterocycles. The monoisotopic (exact) mass is 301 g/mol. The van der Waals surface area contributed by atoms with Gasteiger partial charge in [0, 0.05) is 12.6 Å². The van der Waals surface area contributed by atoms with Crippen molar-refractivity contribution in [2.24, 2.45) is 5.92 Å². The molecular formula is C14H23NO4S. The van der Waals surface area contributed by atoms with Crippen LogP contribution in [0.1, 0.15) is 26.3 Å². The minimum absolute atomic E-state index is 0.116. The van der Waals surface area contributed by atoms with Crippen molar-refractivity contribution in [1.29, 1.82) is 0 Å². The van der Waals surface area contributed by atoms with Crippen molar-refractivity contribution in [3.05, 3.63) is 23.8 Å². The van der Waals surface area contributed by atoms with Crippen molar-refractivity contribution in [3.8, 4) is 5.75 Å². The van der Waals surface area contributed by atoms with Gasteiger partial charge in [0.05, 0.1) is 12.0 Å². The molecule has 0 aliphatic rings. The van der Waals surface area contributed by atoms with Gasteiger partial charge in [-0.1, -0.05) is 13.8 Å². The van der Waals surface area contributed by atoms with Gasteiger partial charge < -0.3 is 9.84 Å². The predicted molar refractivity (Wildman–Crippen MR) is 78.4 cm³/mol. The fraction of sp³-hybridized carbons (Fsp3) is 0.571. The largest absolute Gasteiger partial charge is 0.497 e. The van der Waals surface area contributed by atoms with Gasteiger partial charge >= 0.3 is 0 Å². The Balaban J connectivity index is 3.16. The Labute approximate surface area is 121 Å². The fourth-order valence-electron chi connectivity index (χ4n) is 1.71. The zero-order valence-electron chi connectivity index (χ0n) is 12.4. The standard InChI is InChI=1S/C14H23NO4S/c1-10(2)11(3)15-20(17,18)14-6-5-13(19-4)9-12(14)7-8-16/h5-6,9-11,15-16H,7-8H2,1-4H3. The van der Waals surface area contributed by atoms with Crippen LogP contribution in [0.2, 0.25) is 0 Å². The molecule has 0 spiro atoms. The third-order valence-corrected chi connectivity index (χ3v) is 4.94. The molecule has 2 N–H and O–H groups in total. The second-order valence-electron chi connectivity index (χ2n) is 5.10. The molecule has 1 aromatic carbocycles. The van der Waals surface area contributed by atoms with Crippen molar-refractivity contribution < 1.29 is 18.3 Å². The average molecular weight is 301 g/mol. The van der Waals surface area contributed by atoms with Crippen LogP contribution < -0.4 is 9.46 Å². The van der Waals surface area contributed by atoms with Gasteiger partial charge in [-0.05, 0) is 43.0 Å². The van der Waals surface area contributed by atoms with E-state index in [9.17, 15) is 8.42 Å². The molecular weight excluding hydrogens is 278 g/mol. The highest BCUT2D eigenvalue weighted by atomic mass is 32.2. The first-order chi connectivity index (χ1) is 9.31. The minimum atomic E-state index is -3.60. The Morgan fingerprint density at radius 2 is 1.95 bits per heavy atom. The number of methoxy groups -OCH3 is 1. The summed E-state index contributed by atoms with van der Waals surface area (Å²) in [6.45, 7) is 5.62. The van der Waals surface area contributed by atoms with E-state index in [4.69, 9.17) is 9.84 Å². The number of hydrogen-bond donors (Lipinski definition) is 2. The summed E-state index contributed by atoms with van der Waals surface area (Å²) in [4.78, 5) is 0.194. The first kappa shape index (κ1) is 16.9. The molecule has 0 radical (unpaired) electrons. The number of sulfonamides is 1. The quantitative estimate of drug-likeness (QED) is 0.801. The molecule has 0 heterocycles. The summed E-state index contributed by atoms with van der Waals surface area (Å²) in [5, 5.41) is 9.09. The number of hydrogen-bond acceptors (Lipinski definition) is 4. The Bertz CT molecular complexity index is 540. The molecule has 1 aromatic rings. The van der Waals surface area contributed by atoms with Crippen LogP contribution in [0.3, 0.4) is 0 Å². The molecule has 0 amide bonds. The molecule has 1 unspecified atom stereocenters. The smallest absolute Gasteiger partial charge is 0.241 e. The van der Waals surface area contributed by atoms with Crippen LogP contribution in [-0.4, -0.2) is 33.3 Å². The van der Waals surface area contributed by atoms with E-state index in [1.165, 1.54) is 13.2 Å². The Morgan fingerprint density at radius 3 is 2.45 bits per heavy atom. The Hall–Kier alpha value is -1.11. The van der Waals surface area contributed by atoms with E-state index in [-0.39, 0.29) is 29.9 Å². The molecule has 1 rings (SSSR count). The van der Waals surface area contributed by atoms with E-state index in [1.807, 2.05) is 20.8 Å². The molecule has 0 bridgehead atoms. The number of nitrogens with one attached hydrogen (secondary N) is 1. The topological polar surface area (TPSA) is 75.6 Å². The number of aliphatic hydroxyl groups excluding tert-OH is 1. The van der Waals surface area contributed by atoms with Crippen LogP contribution in [0.4, 0.5) is 0 Å². The van der Waals surface area contributed by atoms with E-state index < -0.39 is 10.0 Å². The normalized spacial score (nSPS) is 13.5. The van der Waals surface area contributed by atoms with Crippen LogP contribution in [0, 0.1) is 5.92 Å². The van der Waals surface area contributed by atoms with Crippen LogP contribution in [0.15, 0.2) is 23.1 Å². The zero-order valence-corrected chi connectivity index (χ0v) is 13.2. The van der Waals surface area contributed by atoms with Gasteiger partial charge in [0.2, 0.25) is 10.0 Å². The van der Waals surface area contributed by atoms with E-state index in [2.05, 4.69) is 4.72 Å². The lowest BCUT2D eigenvalue weighted by molar-refractivity contribution is 0.298. The summed E-state index contributed by atoms with van der Waals surface area (Å²) in [7, 11) is -2.08. The van der Waals surface area contributed by atoms with Gasteiger partial charge in [-0.3, -0.25) is 0 Å². The molecule has 114 valence electrons. The SMILES string of the molecule is COc1ccc(S(=O)(=O)NC(C)C(C)C)c(CCO)c1. The first-order valence-corrected chi connectivity index (χ1v) is 8.10. The number of benzene rings is 1. The summed E-state index contributed by atoms with van der Waals surface area (Å²) < 4.78 is 32.6. The van der Waals surface area contributed by atoms with Crippen LogP contribution >= 0.6 is 0 Å². The van der Waals surface area contributed by atoms with Gasteiger partial charge in [0.25, 0.3) is 0 Å². The highest BCUT2D eigenvalue weighted by molar-refractivity contribution is 7.89. The molecule has 0 aliphatic heterocycles. The number of rotatable bonds is 7. The van der Waals surface area contributed by atoms with Gasteiger partial charge in [0.15, 0.2) is 0 Å². The molecule has 0 aromatic heterocycles. The minimum Gasteiger partial charge on any atom is -0.497 e. The van der Waals surface area contributed by atoms with Crippen molar-refractivity contribution in [1.82, 2.24) is 4.72 Å². The number of aliphatic hydroxyl groups is 1. The lowest BCUT2D eigenvalue weighted by atomic mass is 10.1. The maximum Gasteiger partial charge on any atom is 0.241 e. The molecule has 0 fully saturated rings. The average Bonchev–Trinajstić information content (AvgIpc) is 2.38. The molecule has 0 aliphatic carbocycles. The van der Waals surface area contributed by atoms with E-state index in [0.29, 0.717) is 11.3 Å². The summed E-state index contributed by atoms with van der Waals surface area (Å²) >= 11 is 0. The van der Waals surface area contributed by atoms with Gasteiger partial charge in [-0.25, -0.2) is 13.1 Å². The zero-order chi connectivity index (χ0) is 15.3. The first-order valence-electron chi connectivity index (χ1n) is 6.62. The van der Waals surface area contributed by atoms with E-state index in [1.54, 1.807) is 12.1 Å². The van der Waals surface area contributed by atoms with E-state index in [0.717, 1.165) is 0 Å². The highest BCUT2D eigenvalue weighted by Crippen LogP contribution is 2.23. The van der Waals surface area contributed by atoms with Crippen molar-refractivity contribution in [2.45, 2.75) is 38.1 Å². The highest BCUT2D eigenvalue weighted by Gasteiger charge is 2.22. The van der Waals surface area contributed by atoms with Gasteiger partial charge in [-0.15, -0.1) is 0 Å². The van der Waals surface area contributed by atoms with Crippen molar-refractivity contribution in [3.63, 3.8) is 0 Å². The third-order valence-electron chi connectivity index (χ3n) is 3.28. The van der Waals surface area contributed by atoms with Gasteiger partial charge in [0.1, 0.15) is 5.75 Å². The molecule has 1 atom stereocenters. The maximum atomic E-state index is 12.4. The summed E-state index contributed by atoms with van der Waals surface area (Å²) in [6, 6.07) is 4.60. The predicted octanol–water partition coefficient (Wildman–Crippen LogP) is 1.55. The van der Waals surface area contributed by atoms with Crippen molar-refractivity contribution in [2.75, 3.05) is 13.7 Å². The molecule has 6 heteroatoms. The van der Waals surface area contributed by atoms with Gasteiger partial charge in [-0.2, -0.15) is 0 Å². The Kier molecular flexibility index (Phi) is 5.98. The summed E-state index contributed by atoms with van der Waals surface area (Å²) in [5.74, 6) is 0.772. The second kappa shape index (κ2) is 7.06. The third kappa shape index (κ3) is 4.19. The van der Waals surface area contributed by atoms with Crippen LogP contribution in [0.25, 0.3) is 0 Å². The van der Waals surface area contributed by atoms with E-state index >= 15 is 0 Å². The van der Waals surface area contributed by atoms with Crippen LogP contribution in [-0.2, 0) is 16.4 Å². The van der Waals surface area contributed by atoms with Crippen LogP contribution in [0.5, 0.6) is 5.75 Å². The molecule has 0 saturated carbocycles. The maximum absolute atomic E-state index is 12.4. The lowest BCUT2D eigenvalue weighted by Crippen LogP contribution is -2.36.